The summed E-state index contributed by atoms with van der Waals surface area (Å²) in [7, 11) is 0. The van der Waals surface area contributed by atoms with Crippen LogP contribution in [0.25, 0.3) is 0 Å². The summed E-state index contributed by atoms with van der Waals surface area (Å²) in [5.41, 5.74) is 0.237. The third-order valence-corrected chi connectivity index (χ3v) is 3.56. The predicted molar refractivity (Wildman–Crippen MR) is 82.1 cm³/mol. The molecule has 0 radical (unpaired) electrons. The molecule has 1 aromatic rings. The SMILES string of the molecule is CCN(CCC(O)c1ccc(Br)cc1)CC(C)(C)O. The van der Waals surface area contributed by atoms with Gasteiger partial charge in [-0.3, -0.25) is 0 Å². The topological polar surface area (TPSA) is 43.7 Å². The van der Waals surface area contributed by atoms with Crippen molar-refractivity contribution < 1.29 is 10.2 Å². The Morgan fingerprint density at radius 1 is 1.26 bits per heavy atom. The van der Waals surface area contributed by atoms with Gasteiger partial charge in [0.1, 0.15) is 0 Å². The van der Waals surface area contributed by atoms with Gasteiger partial charge in [-0.15, -0.1) is 0 Å². The van der Waals surface area contributed by atoms with E-state index in [2.05, 4.69) is 27.8 Å². The molecule has 0 spiro atoms. The van der Waals surface area contributed by atoms with Gasteiger partial charge in [0.15, 0.2) is 0 Å². The lowest BCUT2D eigenvalue weighted by molar-refractivity contribution is 0.0322. The summed E-state index contributed by atoms with van der Waals surface area (Å²) in [4.78, 5) is 2.15. The lowest BCUT2D eigenvalue weighted by Gasteiger charge is -2.28. The van der Waals surface area contributed by atoms with Crippen molar-refractivity contribution in [1.82, 2.24) is 4.90 Å². The Morgan fingerprint density at radius 3 is 2.32 bits per heavy atom. The third kappa shape index (κ3) is 6.52. The largest absolute Gasteiger partial charge is 0.389 e. The number of aliphatic hydroxyl groups is 2. The van der Waals surface area contributed by atoms with E-state index in [1.54, 1.807) is 13.8 Å². The molecule has 0 saturated heterocycles. The summed E-state index contributed by atoms with van der Waals surface area (Å²) in [6.45, 7) is 7.95. The maximum absolute atomic E-state index is 10.1. The minimum Gasteiger partial charge on any atom is -0.389 e. The van der Waals surface area contributed by atoms with E-state index in [9.17, 15) is 10.2 Å². The predicted octanol–water partition coefficient (Wildman–Crippen LogP) is 2.97. The van der Waals surface area contributed by atoms with E-state index < -0.39 is 11.7 Å². The second kappa shape index (κ2) is 7.39. The van der Waals surface area contributed by atoms with Crippen LogP contribution in [0.1, 0.15) is 38.9 Å². The normalized spacial score (nSPS) is 13.8. The molecule has 1 rings (SSSR count). The fraction of sp³-hybridized carbons (Fsp3) is 0.600. The van der Waals surface area contributed by atoms with E-state index in [4.69, 9.17) is 0 Å². The molecule has 1 atom stereocenters. The molecule has 3 nitrogen and oxygen atoms in total. The second-order valence-electron chi connectivity index (χ2n) is 5.54. The molecule has 2 N–H and O–H groups in total. The summed E-state index contributed by atoms with van der Waals surface area (Å²) < 4.78 is 1.01. The summed E-state index contributed by atoms with van der Waals surface area (Å²) in [5, 5.41) is 20.0. The van der Waals surface area contributed by atoms with Crippen LogP contribution in [-0.4, -0.2) is 40.3 Å². The molecule has 1 unspecified atom stereocenters. The number of nitrogens with zero attached hydrogens (tertiary/aromatic N) is 1. The van der Waals surface area contributed by atoms with E-state index in [1.807, 2.05) is 24.3 Å². The van der Waals surface area contributed by atoms with E-state index in [0.29, 0.717) is 13.0 Å². The Kier molecular flexibility index (Phi) is 6.47. The number of rotatable bonds is 7. The first-order valence-corrected chi connectivity index (χ1v) is 7.49. The van der Waals surface area contributed by atoms with Crippen molar-refractivity contribution in [3.05, 3.63) is 34.3 Å². The maximum Gasteiger partial charge on any atom is 0.0802 e. The molecule has 0 heterocycles. The Bertz CT molecular complexity index is 373. The fourth-order valence-electron chi connectivity index (χ4n) is 2.05. The lowest BCUT2D eigenvalue weighted by Crippen LogP contribution is -2.39. The average molecular weight is 330 g/mol. The maximum atomic E-state index is 10.1. The monoisotopic (exact) mass is 329 g/mol. The van der Waals surface area contributed by atoms with Gasteiger partial charge in [-0.25, -0.2) is 0 Å². The van der Waals surface area contributed by atoms with Crippen LogP contribution in [0.5, 0.6) is 0 Å². The van der Waals surface area contributed by atoms with Crippen molar-refractivity contribution in [3.8, 4) is 0 Å². The third-order valence-electron chi connectivity index (χ3n) is 3.03. The molecule has 0 aliphatic rings. The van der Waals surface area contributed by atoms with E-state index in [-0.39, 0.29) is 0 Å². The van der Waals surface area contributed by atoms with Gasteiger partial charge in [0.05, 0.1) is 11.7 Å². The number of hydrogen-bond donors (Lipinski definition) is 2. The van der Waals surface area contributed by atoms with Crippen LogP contribution in [-0.2, 0) is 0 Å². The molecule has 4 heteroatoms. The van der Waals surface area contributed by atoms with Gasteiger partial charge in [0.2, 0.25) is 0 Å². The van der Waals surface area contributed by atoms with Crippen molar-refractivity contribution in [2.45, 2.75) is 38.9 Å². The molecule has 0 bridgehead atoms. The molecule has 19 heavy (non-hydrogen) atoms. The van der Waals surface area contributed by atoms with E-state index >= 15 is 0 Å². The summed E-state index contributed by atoms with van der Waals surface area (Å²) in [5.74, 6) is 0. The van der Waals surface area contributed by atoms with Crippen molar-refractivity contribution in [1.29, 1.82) is 0 Å². The molecule has 0 aliphatic carbocycles. The molecule has 0 aromatic heterocycles. The molecule has 0 saturated carbocycles. The van der Waals surface area contributed by atoms with Crippen LogP contribution in [0, 0.1) is 0 Å². The van der Waals surface area contributed by atoms with Crippen LogP contribution in [0.15, 0.2) is 28.7 Å². The lowest BCUT2D eigenvalue weighted by atomic mass is 10.1. The zero-order valence-electron chi connectivity index (χ0n) is 11.9. The van der Waals surface area contributed by atoms with Crippen molar-refractivity contribution in [2.24, 2.45) is 0 Å². The van der Waals surface area contributed by atoms with Gasteiger partial charge in [0, 0.05) is 17.6 Å². The summed E-state index contributed by atoms with van der Waals surface area (Å²) >= 11 is 3.38. The van der Waals surface area contributed by atoms with E-state index in [1.165, 1.54) is 0 Å². The smallest absolute Gasteiger partial charge is 0.0802 e. The quantitative estimate of drug-likeness (QED) is 0.808. The highest BCUT2D eigenvalue weighted by Gasteiger charge is 2.18. The summed E-state index contributed by atoms with van der Waals surface area (Å²) in [6.07, 6.45) is 0.218. The first-order valence-electron chi connectivity index (χ1n) is 6.70. The molecular weight excluding hydrogens is 306 g/mol. The number of hydrogen-bond acceptors (Lipinski definition) is 3. The average Bonchev–Trinajstić information content (AvgIpc) is 2.33. The van der Waals surface area contributed by atoms with Gasteiger partial charge >= 0.3 is 0 Å². The first-order chi connectivity index (χ1) is 8.81. The van der Waals surface area contributed by atoms with Crippen LogP contribution >= 0.6 is 15.9 Å². The van der Waals surface area contributed by atoms with Gasteiger partial charge < -0.3 is 15.1 Å². The number of aliphatic hydroxyl groups excluding tert-OH is 1. The number of halogens is 1. The first kappa shape index (κ1) is 16.6. The Morgan fingerprint density at radius 2 is 1.84 bits per heavy atom. The Labute approximate surface area is 124 Å². The van der Waals surface area contributed by atoms with Crippen LogP contribution in [0.4, 0.5) is 0 Å². The molecule has 1 aromatic carbocycles. The van der Waals surface area contributed by atoms with Gasteiger partial charge in [-0.1, -0.05) is 35.0 Å². The number of benzene rings is 1. The highest BCUT2D eigenvalue weighted by atomic mass is 79.9. The van der Waals surface area contributed by atoms with Crippen molar-refractivity contribution in [2.75, 3.05) is 19.6 Å². The van der Waals surface area contributed by atoms with Crippen molar-refractivity contribution in [3.63, 3.8) is 0 Å². The molecule has 108 valence electrons. The number of likely N-dealkylation sites (N-methyl/N-ethyl adjacent to an activating group) is 1. The van der Waals surface area contributed by atoms with Crippen LogP contribution < -0.4 is 0 Å². The standard InChI is InChI=1S/C15H24BrNO2/c1-4-17(11-15(2,3)19)10-9-14(18)12-5-7-13(16)8-6-12/h5-8,14,18-19H,4,9-11H2,1-3H3. The molecule has 0 fully saturated rings. The van der Waals surface area contributed by atoms with Crippen LogP contribution in [0.2, 0.25) is 0 Å². The zero-order chi connectivity index (χ0) is 14.5. The van der Waals surface area contributed by atoms with Crippen LogP contribution in [0.3, 0.4) is 0 Å². The Hall–Kier alpha value is -0.420. The fourth-order valence-corrected chi connectivity index (χ4v) is 2.32. The van der Waals surface area contributed by atoms with Gasteiger partial charge in [0.25, 0.3) is 0 Å². The van der Waals surface area contributed by atoms with Gasteiger partial charge in [-0.05, 0) is 44.5 Å². The molecule has 0 amide bonds. The molecule has 0 aliphatic heterocycles. The summed E-state index contributed by atoms with van der Waals surface area (Å²) in [6, 6.07) is 7.74. The van der Waals surface area contributed by atoms with Crippen molar-refractivity contribution >= 4 is 15.9 Å². The second-order valence-corrected chi connectivity index (χ2v) is 6.45. The minimum atomic E-state index is -0.696. The zero-order valence-corrected chi connectivity index (χ0v) is 13.5. The van der Waals surface area contributed by atoms with E-state index in [0.717, 1.165) is 23.1 Å². The minimum absolute atomic E-state index is 0.455. The highest BCUT2D eigenvalue weighted by molar-refractivity contribution is 9.10. The molecular formula is C15H24BrNO2. The highest BCUT2D eigenvalue weighted by Crippen LogP contribution is 2.20. The Balaban J connectivity index is 2.48. The van der Waals surface area contributed by atoms with Gasteiger partial charge in [-0.2, -0.15) is 0 Å².